The molecule has 0 radical (unpaired) electrons. The van der Waals surface area contributed by atoms with Gasteiger partial charge in [-0.3, -0.25) is 14.4 Å². The van der Waals surface area contributed by atoms with Crippen LogP contribution in [-0.2, 0) is 6.54 Å². The van der Waals surface area contributed by atoms with E-state index in [1.165, 1.54) is 37.7 Å². The molecule has 1 aliphatic heterocycles. The highest BCUT2D eigenvalue weighted by Crippen LogP contribution is 2.63. The van der Waals surface area contributed by atoms with Crippen molar-refractivity contribution in [3.63, 3.8) is 0 Å². The average Bonchev–Trinajstić information content (AvgIpc) is 3.60. The molecule has 3 aromatic rings. The Bertz CT molecular complexity index is 1400. The molecule has 40 heavy (non-hydrogen) atoms. The normalized spacial score (nSPS) is 19.1. The first-order chi connectivity index (χ1) is 19.1. The highest BCUT2D eigenvalue weighted by Gasteiger charge is 2.52. The number of aromatic nitrogens is 4. The number of methoxy groups -OCH3 is 1. The number of rotatable bonds is 8. The molecule has 3 heterocycles. The van der Waals surface area contributed by atoms with E-state index in [4.69, 9.17) is 10.5 Å². The molecule has 0 bridgehead atoms. The summed E-state index contributed by atoms with van der Waals surface area (Å²) in [5.74, 6) is 1.73. The Hall–Kier alpha value is -3.61. The van der Waals surface area contributed by atoms with E-state index < -0.39 is 12.7 Å². The van der Waals surface area contributed by atoms with E-state index in [0.29, 0.717) is 40.5 Å². The van der Waals surface area contributed by atoms with Crippen molar-refractivity contribution >= 4 is 28.7 Å². The molecule has 3 N–H and O–H groups in total. The van der Waals surface area contributed by atoms with Gasteiger partial charge in [0, 0.05) is 43.9 Å². The number of nitrogen functional groups attached to an aromatic ring is 1. The highest BCUT2D eigenvalue weighted by molar-refractivity contribution is 5.95. The first-order valence-electron chi connectivity index (χ1n) is 13.6. The first-order valence-corrected chi connectivity index (χ1v) is 13.6. The van der Waals surface area contributed by atoms with Crippen molar-refractivity contribution in [2.24, 2.45) is 11.3 Å². The number of halogens is 3. The monoisotopic (exact) mass is 558 g/mol. The Labute approximate surface area is 229 Å². The molecule has 1 spiro atoms. The quantitative estimate of drug-likeness (QED) is 0.433. The molecule has 1 saturated heterocycles. The minimum atomic E-state index is -4.25. The third kappa shape index (κ3) is 5.51. The van der Waals surface area contributed by atoms with Gasteiger partial charge < -0.3 is 20.7 Å². The molecule has 3 fully saturated rings. The second-order valence-electron chi connectivity index (χ2n) is 11.3. The van der Waals surface area contributed by atoms with E-state index in [2.05, 4.69) is 20.4 Å². The van der Waals surface area contributed by atoms with Crippen LogP contribution in [0, 0.1) is 11.3 Å². The molecule has 214 valence electrons. The summed E-state index contributed by atoms with van der Waals surface area (Å²) in [6.45, 7) is 1.04. The number of nitrogens with two attached hydrogens (primary N) is 1. The van der Waals surface area contributed by atoms with Crippen LogP contribution in [-0.4, -0.2) is 88.0 Å². The fourth-order valence-electron chi connectivity index (χ4n) is 6.11. The number of nitrogens with one attached hydrogen (secondary N) is 1. The van der Waals surface area contributed by atoms with Crippen LogP contribution in [0.4, 0.5) is 24.9 Å². The van der Waals surface area contributed by atoms with Crippen molar-refractivity contribution in [1.82, 2.24) is 29.5 Å². The number of carbonyl (C=O) groups is 1. The second-order valence-corrected chi connectivity index (χ2v) is 11.3. The number of fused-ring (bicyclic) bond motifs is 1. The molecule has 0 unspecified atom stereocenters. The lowest BCUT2D eigenvalue weighted by Crippen LogP contribution is -2.50. The number of nitrogens with zero attached hydrogens (tertiary/aromatic N) is 6. The van der Waals surface area contributed by atoms with Gasteiger partial charge in [-0.2, -0.15) is 23.3 Å². The molecule has 10 nitrogen and oxygen atoms in total. The van der Waals surface area contributed by atoms with Crippen LogP contribution < -0.4 is 15.8 Å². The maximum Gasteiger partial charge on any atom is 0.401 e. The van der Waals surface area contributed by atoms with Crippen LogP contribution in [0.5, 0.6) is 5.75 Å². The number of hydrogen-bond acceptors (Lipinski definition) is 8. The summed E-state index contributed by atoms with van der Waals surface area (Å²) < 4.78 is 45.5. The first kappa shape index (κ1) is 26.6. The van der Waals surface area contributed by atoms with Crippen LogP contribution >= 0.6 is 0 Å². The Morgan fingerprint density at radius 3 is 2.60 bits per heavy atom. The number of amides is 1. The Balaban J connectivity index is 1.16. The third-order valence-electron chi connectivity index (χ3n) is 8.38. The summed E-state index contributed by atoms with van der Waals surface area (Å²) in [7, 11) is 1.53. The molecule has 13 heteroatoms. The smallest absolute Gasteiger partial charge is 0.401 e. The number of piperazine rings is 1. The van der Waals surface area contributed by atoms with Crippen molar-refractivity contribution in [1.29, 1.82) is 0 Å². The molecule has 2 saturated carbocycles. The van der Waals surface area contributed by atoms with Gasteiger partial charge in [-0.15, -0.1) is 0 Å². The third-order valence-corrected chi connectivity index (χ3v) is 8.38. The summed E-state index contributed by atoms with van der Waals surface area (Å²) in [5, 5.41) is 8.00. The minimum absolute atomic E-state index is 0.178. The molecule has 2 aromatic heterocycles. The van der Waals surface area contributed by atoms with E-state index in [0.717, 1.165) is 17.6 Å². The summed E-state index contributed by atoms with van der Waals surface area (Å²) in [4.78, 5) is 24.8. The Kier molecular flexibility index (Phi) is 6.71. The number of anilines is 2. The maximum absolute atomic E-state index is 13.1. The van der Waals surface area contributed by atoms with Gasteiger partial charge in [0.05, 0.1) is 26.4 Å². The van der Waals surface area contributed by atoms with Gasteiger partial charge in [0.2, 0.25) is 5.95 Å². The fraction of sp³-hybridized carbons (Fsp3) is 0.556. The second kappa shape index (κ2) is 10.1. The fourth-order valence-corrected chi connectivity index (χ4v) is 6.11. The van der Waals surface area contributed by atoms with Crippen molar-refractivity contribution in [2.45, 2.75) is 38.4 Å². The Morgan fingerprint density at radius 2 is 1.93 bits per heavy atom. The summed E-state index contributed by atoms with van der Waals surface area (Å²) >= 11 is 0. The van der Waals surface area contributed by atoms with Crippen LogP contribution in [0.1, 0.15) is 41.6 Å². The zero-order chi connectivity index (χ0) is 28.1. The van der Waals surface area contributed by atoms with Crippen molar-refractivity contribution in [3.8, 4) is 5.75 Å². The SMILES string of the molecule is COc1cc(C(=O)N2CCN(CC(F)(F)F)CC2)ccc1Cn1ncc2nc(N)nc(NCC3CC4(CC4)C3)c21. The lowest BCUT2D eigenvalue weighted by molar-refractivity contribution is -0.148. The zero-order valence-corrected chi connectivity index (χ0v) is 22.4. The van der Waals surface area contributed by atoms with Gasteiger partial charge in [-0.25, -0.2) is 4.98 Å². The largest absolute Gasteiger partial charge is 0.496 e. The zero-order valence-electron chi connectivity index (χ0n) is 22.4. The van der Waals surface area contributed by atoms with Gasteiger partial charge in [0.15, 0.2) is 5.82 Å². The van der Waals surface area contributed by atoms with Crippen LogP contribution in [0.3, 0.4) is 0 Å². The molecular formula is C27H33F3N8O2. The number of hydrogen-bond donors (Lipinski definition) is 2. The molecule has 6 rings (SSSR count). The van der Waals surface area contributed by atoms with Crippen LogP contribution in [0.15, 0.2) is 24.4 Å². The predicted octanol–water partition coefficient (Wildman–Crippen LogP) is 3.39. The highest BCUT2D eigenvalue weighted by atomic mass is 19.4. The lowest BCUT2D eigenvalue weighted by Gasteiger charge is -2.36. The maximum atomic E-state index is 13.1. The molecule has 2 aliphatic carbocycles. The van der Waals surface area contributed by atoms with Crippen LogP contribution in [0.2, 0.25) is 0 Å². The summed E-state index contributed by atoms with van der Waals surface area (Å²) in [6.07, 6.45) is 2.63. The van der Waals surface area contributed by atoms with Crippen molar-refractivity contribution in [2.75, 3.05) is 57.4 Å². The van der Waals surface area contributed by atoms with E-state index >= 15 is 0 Å². The van der Waals surface area contributed by atoms with E-state index in [9.17, 15) is 18.0 Å². The molecule has 1 aromatic carbocycles. The van der Waals surface area contributed by atoms with E-state index in [-0.39, 0.29) is 38.0 Å². The van der Waals surface area contributed by atoms with Gasteiger partial charge in [-0.1, -0.05) is 6.07 Å². The number of benzene rings is 1. The number of alkyl halides is 3. The van der Waals surface area contributed by atoms with E-state index in [1.54, 1.807) is 27.9 Å². The number of ether oxygens (including phenoxy) is 1. The van der Waals surface area contributed by atoms with Gasteiger partial charge >= 0.3 is 6.18 Å². The average molecular weight is 559 g/mol. The Morgan fingerprint density at radius 1 is 1.18 bits per heavy atom. The number of carbonyl (C=O) groups excluding carboxylic acids is 1. The van der Waals surface area contributed by atoms with Gasteiger partial charge in [0.25, 0.3) is 5.91 Å². The molecule has 3 aliphatic rings. The summed E-state index contributed by atoms with van der Waals surface area (Å²) in [5.41, 5.74) is 9.20. The standard InChI is InChI=1S/C27H33F3N8O2/c1-40-21-10-18(24(39)37-8-6-36(7-9-37)16-27(28,29)30)2-3-19(21)15-38-22-20(14-33-38)34-25(31)35-23(22)32-13-17-11-26(12-17)4-5-26/h2-3,10,14,17H,4-9,11-13,15-16H2,1H3,(H3,31,32,34,35). The van der Waals surface area contributed by atoms with Gasteiger partial charge in [0.1, 0.15) is 16.8 Å². The van der Waals surface area contributed by atoms with Gasteiger partial charge in [-0.05, 0) is 49.1 Å². The topological polar surface area (TPSA) is 114 Å². The van der Waals surface area contributed by atoms with Crippen molar-refractivity contribution in [3.05, 3.63) is 35.5 Å². The van der Waals surface area contributed by atoms with E-state index in [1.807, 2.05) is 6.07 Å². The molecular weight excluding hydrogens is 525 g/mol. The molecule has 0 atom stereocenters. The minimum Gasteiger partial charge on any atom is -0.496 e. The summed E-state index contributed by atoms with van der Waals surface area (Å²) in [6, 6.07) is 5.20. The van der Waals surface area contributed by atoms with Crippen LogP contribution in [0.25, 0.3) is 11.0 Å². The van der Waals surface area contributed by atoms with Crippen molar-refractivity contribution < 1.29 is 22.7 Å². The molecule has 1 amide bonds. The predicted molar refractivity (Wildman–Crippen MR) is 143 cm³/mol. The lowest BCUT2D eigenvalue weighted by atomic mass is 9.72.